The van der Waals surface area contributed by atoms with E-state index < -0.39 is 0 Å². The van der Waals surface area contributed by atoms with E-state index in [1.165, 1.54) is 24.0 Å². The average Bonchev–Trinajstić information content (AvgIpc) is 3.09. The number of benzene rings is 1. The zero-order valence-electron chi connectivity index (χ0n) is 10.9. The third-order valence-corrected chi connectivity index (χ3v) is 3.40. The van der Waals surface area contributed by atoms with Gasteiger partial charge in [-0.2, -0.15) is 0 Å². The van der Waals surface area contributed by atoms with Gasteiger partial charge in [-0.3, -0.25) is 4.79 Å². The topological polar surface area (TPSA) is 29.1 Å². The molecule has 0 radical (unpaired) electrons. The average molecular weight is 231 g/mol. The van der Waals surface area contributed by atoms with E-state index in [1.54, 1.807) is 0 Å². The molecule has 1 saturated carbocycles. The number of carbonyl (C=O) groups is 1. The van der Waals surface area contributed by atoms with Gasteiger partial charge in [0.2, 0.25) is 0 Å². The van der Waals surface area contributed by atoms with Crippen LogP contribution in [-0.2, 0) is 0 Å². The molecule has 1 aromatic rings. The van der Waals surface area contributed by atoms with Gasteiger partial charge in [-0.25, -0.2) is 0 Å². The zero-order valence-corrected chi connectivity index (χ0v) is 10.9. The minimum atomic E-state index is 0.0651. The van der Waals surface area contributed by atoms with Crippen molar-refractivity contribution >= 4 is 5.91 Å². The van der Waals surface area contributed by atoms with E-state index in [0.717, 1.165) is 18.0 Å². The van der Waals surface area contributed by atoms with Crippen molar-refractivity contribution < 1.29 is 4.79 Å². The molecule has 0 spiro atoms. The Bertz CT molecular complexity index is 419. The number of nitrogens with one attached hydrogen (secondary N) is 1. The lowest BCUT2D eigenvalue weighted by Crippen LogP contribution is -2.25. The predicted molar refractivity (Wildman–Crippen MR) is 70.3 cm³/mol. The van der Waals surface area contributed by atoms with Crippen molar-refractivity contribution in [1.29, 1.82) is 0 Å². The quantitative estimate of drug-likeness (QED) is 0.846. The van der Waals surface area contributed by atoms with Crippen LogP contribution in [0.15, 0.2) is 18.2 Å². The van der Waals surface area contributed by atoms with E-state index in [-0.39, 0.29) is 5.91 Å². The van der Waals surface area contributed by atoms with Crippen LogP contribution in [0.1, 0.15) is 54.1 Å². The molecular weight excluding hydrogens is 210 g/mol. The van der Waals surface area contributed by atoms with E-state index >= 15 is 0 Å². The van der Waals surface area contributed by atoms with Gasteiger partial charge in [0.25, 0.3) is 5.91 Å². The molecule has 0 aromatic heterocycles. The second kappa shape index (κ2) is 4.91. The van der Waals surface area contributed by atoms with Crippen molar-refractivity contribution in [2.45, 2.75) is 39.5 Å². The molecule has 1 aliphatic carbocycles. The number of carbonyl (C=O) groups excluding carboxylic acids is 1. The van der Waals surface area contributed by atoms with Crippen LogP contribution >= 0.6 is 0 Å². The van der Waals surface area contributed by atoms with Crippen LogP contribution < -0.4 is 5.32 Å². The highest BCUT2D eigenvalue weighted by Gasteiger charge is 2.21. The van der Waals surface area contributed by atoms with E-state index in [9.17, 15) is 4.79 Å². The smallest absolute Gasteiger partial charge is 0.251 e. The Hall–Kier alpha value is -1.31. The molecule has 1 aliphatic rings. The minimum absolute atomic E-state index is 0.0651. The highest BCUT2D eigenvalue weighted by molar-refractivity contribution is 5.94. The highest BCUT2D eigenvalue weighted by Crippen LogP contribution is 2.27. The van der Waals surface area contributed by atoms with Gasteiger partial charge >= 0.3 is 0 Å². The zero-order chi connectivity index (χ0) is 12.4. The SMILES string of the molecule is Cc1cc(C(=O)NCC2CC2)ccc1C(C)C. The summed E-state index contributed by atoms with van der Waals surface area (Å²) in [5.41, 5.74) is 3.32. The summed E-state index contributed by atoms with van der Waals surface area (Å²) < 4.78 is 0. The maximum absolute atomic E-state index is 11.9. The maximum atomic E-state index is 11.9. The summed E-state index contributed by atoms with van der Waals surface area (Å²) in [5, 5.41) is 3.00. The third kappa shape index (κ3) is 3.09. The largest absolute Gasteiger partial charge is 0.352 e. The van der Waals surface area contributed by atoms with E-state index in [4.69, 9.17) is 0 Å². The second-order valence-corrected chi connectivity index (χ2v) is 5.38. The normalized spacial score (nSPS) is 15.1. The third-order valence-electron chi connectivity index (χ3n) is 3.40. The number of rotatable bonds is 4. The Balaban J connectivity index is 2.04. The molecule has 0 heterocycles. The molecule has 2 nitrogen and oxygen atoms in total. The van der Waals surface area contributed by atoms with Crippen LogP contribution in [-0.4, -0.2) is 12.5 Å². The number of hydrogen-bond donors (Lipinski definition) is 1. The number of amides is 1. The van der Waals surface area contributed by atoms with Crippen molar-refractivity contribution in [3.63, 3.8) is 0 Å². The molecule has 0 atom stereocenters. The fourth-order valence-corrected chi connectivity index (χ4v) is 2.13. The van der Waals surface area contributed by atoms with Gasteiger partial charge in [0.1, 0.15) is 0 Å². The Kier molecular flexibility index (Phi) is 3.51. The van der Waals surface area contributed by atoms with Gasteiger partial charge in [0, 0.05) is 12.1 Å². The molecule has 1 N–H and O–H groups in total. The first kappa shape index (κ1) is 12.2. The van der Waals surface area contributed by atoms with Crippen LogP contribution in [0.25, 0.3) is 0 Å². The molecule has 0 bridgehead atoms. The first-order chi connectivity index (χ1) is 8.08. The molecule has 0 saturated heterocycles. The fraction of sp³-hybridized carbons (Fsp3) is 0.533. The molecule has 2 rings (SSSR count). The summed E-state index contributed by atoms with van der Waals surface area (Å²) >= 11 is 0. The summed E-state index contributed by atoms with van der Waals surface area (Å²) in [6, 6.07) is 6.01. The molecular formula is C15H21NO. The van der Waals surface area contributed by atoms with Gasteiger partial charge in [-0.05, 0) is 54.9 Å². The van der Waals surface area contributed by atoms with E-state index in [2.05, 4.69) is 32.2 Å². The van der Waals surface area contributed by atoms with Gasteiger partial charge < -0.3 is 5.32 Å². The van der Waals surface area contributed by atoms with Crippen molar-refractivity contribution in [1.82, 2.24) is 5.32 Å². The Morgan fingerprint density at radius 3 is 2.65 bits per heavy atom. The molecule has 92 valence electrons. The lowest BCUT2D eigenvalue weighted by Gasteiger charge is -2.11. The predicted octanol–water partition coefficient (Wildman–Crippen LogP) is 3.26. The molecule has 0 unspecified atom stereocenters. The van der Waals surface area contributed by atoms with Crippen LogP contribution in [0.3, 0.4) is 0 Å². The standard InChI is InChI=1S/C15H21NO/c1-10(2)14-7-6-13(8-11(14)3)15(17)16-9-12-4-5-12/h6-8,10,12H,4-5,9H2,1-3H3,(H,16,17). The van der Waals surface area contributed by atoms with Crippen LogP contribution in [0, 0.1) is 12.8 Å². The molecule has 0 aliphatic heterocycles. The Morgan fingerprint density at radius 2 is 2.12 bits per heavy atom. The summed E-state index contributed by atoms with van der Waals surface area (Å²) in [6.45, 7) is 7.27. The highest BCUT2D eigenvalue weighted by atomic mass is 16.1. The van der Waals surface area contributed by atoms with Crippen molar-refractivity contribution in [3.8, 4) is 0 Å². The second-order valence-electron chi connectivity index (χ2n) is 5.38. The maximum Gasteiger partial charge on any atom is 0.251 e. The summed E-state index contributed by atoms with van der Waals surface area (Å²) in [4.78, 5) is 11.9. The van der Waals surface area contributed by atoms with Crippen molar-refractivity contribution in [3.05, 3.63) is 34.9 Å². The molecule has 1 amide bonds. The lowest BCUT2D eigenvalue weighted by atomic mass is 9.96. The summed E-state index contributed by atoms with van der Waals surface area (Å²) in [5.74, 6) is 1.31. The number of hydrogen-bond acceptors (Lipinski definition) is 1. The molecule has 2 heteroatoms. The number of aryl methyl sites for hydroxylation is 1. The first-order valence-electron chi connectivity index (χ1n) is 6.46. The minimum Gasteiger partial charge on any atom is -0.352 e. The van der Waals surface area contributed by atoms with Gasteiger partial charge in [-0.1, -0.05) is 19.9 Å². The Labute approximate surface area is 103 Å². The molecule has 1 fully saturated rings. The van der Waals surface area contributed by atoms with Crippen LogP contribution in [0.2, 0.25) is 0 Å². The fourth-order valence-electron chi connectivity index (χ4n) is 2.13. The van der Waals surface area contributed by atoms with Crippen molar-refractivity contribution in [2.75, 3.05) is 6.54 Å². The summed E-state index contributed by atoms with van der Waals surface area (Å²) in [6.07, 6.45) is 2.54. The molecule has 1 aromatic carbocycles. The monoisotopic (exact) mass is 231 g/mol. The molecule has 17 heavy (non-hydrogen) atoms. The summed E-state index contributed by atoms with van der Waals surface area (Å²) in [7, 11) is 0. The van der Waals surface area contributed by atoms with Gasteiger partial charge in [0.05, 0.1) is 0 Å². The van der Waals surface area contributed by atoms with E-state index in [1.807, 2.05) is 12.1 Å². The first-order valence-corrected chi connectivity index (χ1v) is 6.46. The van der Waals surface area contributed by atoms with E-state index in [0.29, 0.717) is 5.92 Å². The van der Waals surface area contributed by atoms with Crippen LogP contribution in [0.5, 0.6) is 0 Å². The lowest BCUT2D eigenvalue weighted by molar-refractivity contribution is 0.0951. The van der Waals surface area contributed by atoms with Crippen molar-refractivity contribution in [2.24, 2.45) is 5.92 Å². The van der Waals surface area contributed by atoms with Gasteiger partial charge in [-0.15, -0.1) is 0 Å². The van der Waals surface area contributed by atoms with Crippen LogP contribution in [0.4, 0.5) is 0 Å². The van der Waals surface area contributed by atoms with Gasteiger partial charge in [0.15, 0.2) is 0 Å². The Morgan fingerprint density at radius 1 is 1.41 bits per heavy atom.